The van der Waals surface area contributed by atoms with Gasteiger partial charge in [0.15, 0.2) is 0 Å². The summed E-state index contributed by atoms with van der Waals surface area (Å²) in [5.74, 6) is 0.462. The van der Waals surface area contributed by atoms with Crippen molar-refractivity contribution in [3.05, 3.63) is 17.5 Å². The first-order valence-electron chi connectivity index (χ1n) is 7.74. The highest BCUT2D eigenvalue weighted by Crippen LogP contribution is 2.13. The van der Waals surface area contributed by atoms with E-state index in [4.69, 9.17) is 4.74 Å². The summed E-state index contributed by atoms with van der Waals surface area (Å²) in [4.78, 5) is 25.6. The van der Waals surface area contributed by atoms with Crippen LogP contribution in [0.25, 0.3) is 0 Å². The summed E-state index contributed by atoms with van der Waals surface area (Å²) in [5.41, 5.74) is 1.22. The SMILES string of the molecule is CCN1CCN(c2nc(C)cc(C(=O)NCCOC)n2)CC1. The van der Waals surface area contributed by atoms with Crippen molar-refractivity contribution >= 4 is 11.9 Å². The lowest BCUT2D eigenvalue weighted by atomic mass is 10.3. The Kier molecular flexibility index (Phi) is 6.09. The Balaban J connectivity index is 2.05. The number of piperazine rings is 1. The Bertz CT molecular complexity index is 501. The first-order chi connectivity index (χ1) is 10.6. The van der Waals surface area contributed by atoms with Gasteiger partial charge in [-0.1, -0.05) is 6.92 Å². The van der Waals surface area contributed by atoms with Crippen LogP contribution in [-0.4, -0.2) is 73.8 Å². The number of ether oxygens (including phenoxy) is 1. The van der Waals surface area contributed by atoms with E-state index in [1.807, 2.05) is 6.92 Å². The van der Waals surface area contributed by atoms with E-state index in [1.165, 1.54) is 0 Å². The van der Waals surface area contributed by atoms with Crippen molar-refractivity contribution in [2.24, 2.45) is 0 Å². The maximum Gasteiger partial charge on any atom is 0.270 e. The number of hydrogen-bond acceptors (Lipinski definition) is 6. The lowest BCUT2D eigenvalue weighted by molar-refractivity contribution is 0.0932. The summed E-state index contributed by atoms with van der Waals surface area (Å²) in [6.45, 7) is 9.87. The number of amides is 1. The Morgan fingerprint density at radius 3 is 2.68 bits per heavy atom. The van der Waals surface area contributed by atoms with Gasteiger partial charge in [0.25, 0.3) is 5.91 Å². The molecule has 1 aliphatic rings. The van der Waals surface area contributed by atoms with Crippen molar-refractivity contribution in [3.63, 3.8) is 0 Å². The Hall–Kier alpha value is -1.73. The number of likely N-dealkylation sites (N-methyl/N-ethyl adjacent to an activating group) is 1. The maximum absolute atomic E-state index is 12.1. The van der Waals surface area contributed by atoms with E-state index in [1.54, 1.807) is 13.2 Å². The highest BCUT2D eigenvalue weighted by atomic mass is 16.5. The summed E-state index contributed by atoms with van der Waals surface area (Å²) in [6, 6.07) is 1.72. The predicted molar refractivity (Wildman–Crippen MR) is 85.3 cm³/mol. The zero-order valence-corrected chi connectivity index (χ0v) is 13.6. The number of anilines is 1. The van der Waals surface area contributed by atoms with Crippen molar-refractivity contribution in [1.29, 1.82) is 0 Å². The number of nitrogens with one attached hydrogen (secondary N) is 1. The monoisotopic (exact) mass is 307 g/mol. The molecular weight excluding hydrogens is 282 g/mol. The highest BCUT2D eigenvalue weighted by Gasteiger charge is 2.19. The van der Waals surface area contributed by atoms with Crippen molar-refractivity contribution in [2.75, 3.05) is 57.9 Å². The van der Waals surface area contributed by atoms with Gasteiger partial charge in [-0.25, -0.2) is 9.97 Å². The third kappa shape index (κ3) is 4.38. The minimum Gasteiger partial charge on any atom is -0.383 e. The van der Waals surface area contributed by atoms with Crippen LogP contribution in [0.2, 0.25) is 0 Å². The molecule has 1 aromatic heterocycles. The molecule has 122 valence electrons. The van der Waals surface area contributed by atoms with Gasteiger partial charge in [-0.15, -0.1) is 0 Å². The van der Waals surface area contributed by atoms with Gasteiger partial charge in [-0.2, -0.15) is 0 Å². The Morgan fingerprint density at radius 1 is 1.32 bits per heavy atom. The third-order valence-electron chi connectivity index (χ3n) is 3.77. The van der Waals surface area contributed by atoms with Gasteiger partial charge in [0.05, 0.1) is 6.61 Å². The van der Waals surface area contributed by atoms with Crippen LogP contribution in [0.5, 0.6) is 0 Å². The Morgan fingerprint density at radius 2 is 2.05 bits per heavy atom. The molecule has 0 radical (unpaired) electrons. The normalized spacial score (nSPS) is 15.9. The number of rotatable bonds is 6. The molecule has 1 fully saturated rings. The number of carbonyl (C=O) groups is 1. The lowest BCUT2D eigenvalue weighted by Crippen LogP contribution is -2.47. The third-order valence-corrected chi connectivity index (χ3v) is 3.77. The van der Waals surface area contributed by atoms with E-state index in [0.29, 0.717) is 24.8 Å². The summed E-state index contributed by atoms with van der Waals surface area (Å²) in [6.07, 6.45) is 0. The number of aromatic nitrogens is 2. The fourth-order valence-electron chi connectivity index (χ4n) is 2.43. The molecule has 1 saturated heterocycles. The fraction of sp³-hybridized carbons (Fsp3) is 0.667. The molecule has 1 aromatic rings. The molecule has 1 amide bonds. The number of carbonyl (C=O) groups excluding carboxylic acids is 1. The largest absolute Gasteiger partial charge is 0.383 e. The quantitative estimate of drug-likeness (QED) is 0.763. The van der Waals surface area contributed by atoms with E-state index >= 15 is 0 Å². The molecule has 0 spiro atoms. The van der Waals surface area contributed by atoms with E-state index in [0.717, 1.165) is 38.4 Å². The minimum atomic E-state index is -0.184. The predicted octanol–water partition coefficient (Wildman–Crippen LogP) is 0.303. The van der Waals surface area contributed by atoms with Gasteiger partial charge in [0.1, 0.15) is 5.69 Å². The first kappa shape index (κ1) is 16.6. The summed E-state index contributed by atoms with van der Waals surface area (Å²) >= 11 is 0. The average Bonchev–Trinajstić information content (AvgIpc) is 2.54. The van der Waals surface area contributed by atoms with E-state index in [2.05, 4.69) is 32.0 Å². The Labute approximate surface area is 131 Å². The molecule has 0 aromatic carbocycles. The topological polar surface area (TPSA) is 70.6 Å². The van der Waals surface area contributed by atoms with Crippen molar-refractivity contribution in [1.82, 2.24) is 20.2 Å². The molecule has 0 unspecified atom stereocenters. The second-order valence-electron chi connectivity index (χ2n) is 5.36. The van der Waals surface area contributed by atoms with Gasteiger partial charge in [0, 0.05) is 45.5 Å². The molecule has 0 saturated carbocycles. The number of nitrogens with zero attached hydrogens (tertiary/aromatic N) is 4. The summed E-state index contributed by atoms with van der Waals surface area (Å²) in [5, 5.41) is 2.79. The average molecular weight is 307 g/mol. The van der Waals surface area contributed by atoms with E-state index in [-0.39, 0.29) is 5.91 Å². The van der Waals surface area contributed by atoms with E-state index < -0.39 is 0 Å². The van der Waals surface area contributed by atoms with Crippen LogP contribution in [-0.2, 0) is 4.74 Å². The first-order valence-corrected chi connectivity index (χ1v) is 7.74. The fourth-order valence-corrected chi connectivity index (χ4v) is 2.43. The van der Waals surface area contributed by atoms with Crippen LogP contribution in [0.3, 0.4) is 0 Å². The maximum atomic E-state index is 12.1. The van der Waals surface area contributed by atoms with Gasteiger partial charge < -0.3 is 19.9 Å². The van der Waals surface area contributed by atoms with Gasteiger partial charge >= 0.3 is 0 Å². The summed E-state index contributed by atoms with van der Waals surface area (Å²) < 4.78 is 4.93. The second-order valence-corrected chi connectivity index (χ2v) is 5.36. The van der Waals surface area contributed by atoms with Crippen LogP contribution in [0.1, 0.15) is 23.1 Å². The molecule has 2 heterocycles. The zero-order valence-electron chi connectivity index (χ0n) is 13.6. The van der Waals surface area contributed by atoms with Crippen LogP contribution in [0, 0.1) is 6.92 Å². The van der Waals surface area contributed by atoms with Crippen LogP contribution >= 0.6 is 0 Å². The van der Waals surface area contributed by atoms with Crippen molar-refractivity contribution in [2.45, 2.75) is 13.8 Å². The molecule has 1 N–H and O–H groups in total. The molecule has 7 heteroatoms. The van der Waals surface area contributed by atoms with Crippen molar-refractivity contribution in [3.8, 4) is 0 Å². The molecule has 0 aliphatic carbocycles. The smallest absolute Gasteiger partial charge is 0.270 e. The van der Waals surface area contributed by atoms with Crippen LogP contribution < -0.4 is 10.2 Å². The summed E-state index contributed by atoms with van der Waals surface area (Å²) in [7, 11) is 1.61. The molecule has 7 nitrogen and oxygen atoms in total. The van der Waals surface area contributed by atoms with Crippen LogP contribution in [0.15, 0.2) is 6.07 Å². The number of aryl methyl sites for hydroxylation is 1. The second kappa shape index (κ2) is 8.05. The number of methoxy groups -OCH3 is 1. The highest BCUT2D eigenvalue weighted by molar-refractivity contribution is 5.92. The van der Waals surface area contributed by atoms with Gasteiger partial charge in [-0.05, 0) is 19.5 Å². The minimum absolute atomic E-state index is 0.184. The molecule has 0 atom stereocenters. The lowest BCUT2D eigenvalue weighted by Gasteiger charge is -2.34. The molecule has 0 bridgehead atoms. The van der Waals surface area contributed by atoms with Gasteiger partial charge in [-0.3, -0.25) is 4.79 Å². The molecular formula is C15H25N5O2. The molecule has 22 heavy (non-hydrogen) atoms. The van der Waals surface area contributed by atoms with Gasteiger partial charge in [0.2, 0.25) is 5.95 Å². The number of hydrogen-bond donors (Lipinski definition) is 1. The van der Waals surface area contributed by atoms with E-state index in [9.17, 15) is 4.79 Å². The van der Waals surface area contributed by atoms with Crippen molar-refractivity contribution < 1.29 is 9.53 Å². The standard InChI is InChI=1S/C15H25N5O2/c1-4-19-6-8-20(9-7-19)15-17-12(2)11-13(18-15)14(21)16-5-10-22-3/h11H,4-10H2,1-3H3,(H,16,21). The zero-order chi connectivity index (χ0) is 15.9. The van der Waals surface area contributed by atoms with Crippen LogP contribution in [0.4, 0.5) is 5.95 Å². The molecule has 1 aliphatic heterocycles. The molecule has 2 rings (SSSR count).